The Morgan fingerprint density at radius 3 is 2.33 bits per heavy atom. The van der Waals surface area contributed by atoms with E-state index in [9.17, 15) is 0 Å². The monoisotopic (exact) mass is 385 g/mol. The molecular weight excluding hydrogens is 366 g/mol. The second-order valence-electron chi connectivity index (χ2n) is 7.56. The molecule has 2 heterocycles. The molecule has 0 atom stereocenters. The number of nitrogens with zero attached hydrogens (tertiary/aromatic N) is 1. The summed E-state index contributed by atoms with van der Waals surface area (Å²) in [4.78, 5) is 0. The number of fused-ring (bicyclic) bond motifs is 6. The third-order valence-electron chi connectivity index (χ3n) is 5.91. The standard InChI is InChI=1S/C28H19NO/c1-3-18(2)29-25-13-6-4-9-21(25)24-17-19(15-16-26(24)29)20-11-8-12-23-22-10-5-7-14-27(22)30-28(20)23/h3-17H,1-2H2. The van der Waals surface area contributed by atoms with E-state index in [1.165, 1.54) is 10.8 Å². The molecule has 2 heteroatoms. The largest absolute Gasteiger partial charge is 0.455 e. The molecule has 0 saturated carbocycles. The van der Waals surface area contributed by atoms with Gasteiger partial charge in [0, 0.05) is 32.8 Å². The summed E-state index contributed by atoms with van der Waals surface area (Å²) in [6.07, 6.45) is 1.80. The minimum atomic E-state index is 0.869. The van der Waals surface area contributed by atoms with Crippen molar-refractivity contribution in [3.8, 4) is 11.1 Å². The highest BCUT2D eigenvalue weighted by Crippen LogP contribution is 2.38. The summed E-state index contributed by atoms with van der Waals surface area (Å²) in [6.45, 7) is 8.11. The SMILES string of the molecule is C=CC(=C)n1c2ccccc2c2cc(-c3cccc4c3oc3ccccc34)ccc21. The first-order chi connectivity index (χ1) is 14.8. The Bertz CT molecular complexity index is 1630. The number of furan rings is 1. The third-order valence-corrected chi connectivity index (χ3v) is 5.91. The third kappa shape index (κ3) is 2.25. The Morgan fingerprint density at radius 1 is 0.733 bits per heavy atom. The first-order valence-corrected chi connectivity index (χ1v) is 10.0. The molecule has 0 fully saturated rings. The summed E-state index contributed by atoms with van der Waals surface area (Å²) in [6, 6.07) is 29.6. The van der Waals surface area contributed by atoms with Gasteiger partial charge in [-0.2, -0.15) is 0 Å². The maximum Gasteiger partial charge on any atom is 0.143 e. The fraction of sp³-hybridized carbons (Fsp3) is 0. The highest BCUT2D eigenvalue weighted by Gasteiger charge is 2.15. The van der Waals surface area contributed by atoms with Crippen LogP contribution in [0.4, 0.5) is 0 Å². The quantitative estimate of drug-likeness (QED) is 0.282. The van der Waals surface area contributed by atoms with Crippen LogP contribution < -0.4 is 0 Å². The van der Waals surface area contributed by atoms with Crippen molar-refractivity contribution in [3.05, 3.63) is 104 Å². The van der Waals surface area contributed by atoms with Crippen molar-refractivity contribution >= 4 is 49.4 Å². The smallest absolute Gasteiger partial charge is 0.143 e. The Hall–Kier alpha value is -4.04. The first kappa shape index (κ1) is 16.9. The van der Waals surface area contributed by atoms with Crippen LogP contribution >= 0.6 is 0 Å². The lowest BCUT2D eigenvalue weighted by Crippen LogP contribution is -1.92. The van der Waals surface area contributed by atoms with Crippen LogP contribution in [0.5, 0.6) is 0 Å². The average molecular weight is 385 g/mol. The van der Waals surface area contributed by atoms with E-state index in [1.54, 1.807) is 6.08 Å². The normalized spacial score (nSPS) is 11.6. The molecule has 30 heavy (non-hydrogen) atoms. The van der Waals surface area contributed by atoms with Crippen LogP contribution in [0.1, 0.15) is 0 Å². The lowest BCUT2D eigenvalue weighted by atomic mass is 10.0. The number of hydrogen-bond acceptors (Lipinski definition) is 1. The molecule has 4 aromatic carbocycles. The Labute approximate surface area is 174 Å². The van der Waals surface area contributed by atoms with E-state index in [0.29, 0.717) is 0 Å². The van der Waals surface area contributed by atoms with E-state index in [2.05, 4.69) is 90.5 Å². The lowest BCUT2D eigenvalue weighted by Gasteiger charge is -2.07. The minimum absolute atomic E-state index is 0.869. The molecular formula is C28H19NO. The summed E-state index contributed by atoms with van der Waals surface area (Å²) in [5.41, 5.74) is 7.22. The highest BCUT2D eigenvalue weighted by molar-refractivity contribution is 6.13. The Morgan fingerprint density at radius 2 is 1.47 bits per heavy atom. The summed E-state index contributed by atoms with van der Waals surface area (Å²) in [5.74, 6) is 0. The summed E-state index contributed by atoms with van der Waals surface area (Å²) in [5, 5.41) is 4.69. The fourth-order valence-electron chi connectivity index (χ4n) is 4.52. The lowest BCUT2D eigenvalue weighted by molar-refractivity contribution is 0.670. The van der Waals surface area contributed by atoms with Crippen LogP contribution in [0.15, 0.2) is 109 Å². The predicted molar refractivity (Wildman–Crippen MR) is 128 cm³/mol. The summed E-state index contributed by atoms with van der Waals surface area (Å²) >= 11 is 0. The number of allylic oxidation sites excluding steroid dienone is 2. The first-order valence-electron chi connectivity index (χ1n) is 10.0. The van der Waals surface area contributed by atoms with Gasteiger partial charge in [0.25, 0.3) is 0 Å². The van der Waals surface area contributed by atoms with Crippen LogP contribution in [0.25, 0.3) is 60.6 Å². The van der Waals surface area contributed by atoms with Gasteiger partial charge in [0.1, 0.15) is 11.2 Å². The highest BCUT2D eigenvalue weighted by atomic mass is 16.3. The molecule has 142 valence electrons. The molecule has 0 radical (unpaired) electrons. The van der Waals surface area contributed by atoms with Crippen molar-refractivity contribution in [3.63, 3.8) is 0 Å². The van der Waals surface area contributed by atoms with Crippen molar-refractivity contribution in [2.75, 3.05) is 0 Å². The van der Waals surface area contributed by atoms with Crippen LogP contribution in [0.2, 0.25) is 0 Å². The van der Waals surface area contributed by atoms with E-state index in [1.807, 2.05) is 12.1 Å². The molecule has 0 saturated heterocycles. The fourth-order valence-corrected chi connectivity index (χ4v) is 4.52. The molecule has 6 aromatic rings. The number of aromatic nitrogens is 1. The van der Waals surface area contributed by atoms with E-state index < -0.39 is 0 Å². The van der Waals surface area contributed by atoms with Gasteiger partial charge in [0.15, 0.2) is 0 Å². The van der Waals surface area contributed by atoms with E-state index >= 15 is 0 Å². The Kier molecular flexibility index (Phi) is 3.50. The van der Waals surface area contributed by atoms with Crippen molar-refractivity contribution in [2.24, 2.45) is 0 Å². The Balaban J connectivity index is 1.68. The second-order valence-corrected chi connectivity index (χ2v) is 7.56. The molecule has 0 unspecified atom stereocenters. The minimum Gasteiger partial charge on any atom is -0.455 e. The molecule has 0 aliphatic rings. The molecule has 6 rings (SSSR count). The van der Waals surface area contributed by atoms with Gasteiger partial charge in [0.2, 0.25) is 0 Å². The van der Waals surface area contributed by atoms with Crippen LogP contribution in [-0.2, 0) is 0 Å². The molecule has 0 spiro atoms. The van der Waals surface area contributed by atoms with E-state index in [-0.39, 0.29) is 0 Å². The zero-order valence-electron chi connectivity index (χ0n) is 16.4. The van der Waals surface area contributed by atoms with Gasteiger partial charge in [-0.3, -0.25) is 0 Å². The molecule has 0 aliphatic heterocycles. The van der Waals surface area contributed by atoms with Crippen LogP contribution in [-0.4, -0.2) is 4.57 Å². The zero-order chi connectivity index (χ0) is 20.2. The molecule has 2 nitrogen and oxygen atoms in total. The number of para-hydroxylation sites is 3. The van der Waals surface area contributed by atoms with Gasteiger partial charge in [0.05, 0.1) is 11.0 Å². The van der Waals surface area contributed by atoms with Crippen molar-refractivity contribution in [1.29, 1.82) is 0 Å². The van der Waals surface area contributed by atoms with E-state index in [0.717, 1.165) is 49.8 Å². The summed E-state index contributed by atoms with van der Waals surface area (Å²) < 4.78 is 8.44. The van der Waals surface area contributed by atoms with Gasteiger partial charge in [-0.1, -0.05) is 73.8 Å². The number of rotatable bonds is 3. The number of benzene rings is 4. The van der Waals surface area contributed by atoms with Crippen LogP contribution in [0.3, 0.4) is 0 Å². The van der Waals surface area contributed by atoms with Crippen molar-refractivity contribution < 1.29 is 4.42 Å². The van der Waals surface area contributed by atoms with E-state index in [4.69, 9.17) is 4.42 Å². The van der Waals surface area contributed by atoms with Crippen molar-refractivity contribution in [2.45, 2.75) is 0 Å². The molecule has 0 amide bonds. The van der Waals surface area contributed by atoms with Crippen LogP contribution in [0, 0.1) is 0 Å². The number of hydrogen-bond donors (Lipinski definition) is 0. The summed E-state index contributed by atoms with van der Waals surface area (Å²) in [7, 11) is 0. The second kappa shape index (κ2) is 6.23. The average Bonchev–Trinajstić information content (AvgIpc) is 3.34. The maximum atomic E-state index is 6.27. The zero-order valence-corrected chi connectivity index (χ0v) is 16.4. The van der Waals surface area contributed by atoms with Gasteiger partial charge in [-0.25, -0.2) is 0 Å². The molecule has 0 N–H and O–H groups in total. The topological polar surface area (TPSA) is 18.1 Å². The van der Waals surface area contributed by atoms with Crippen molar-refractivity contribution in [1.82, 2.24) is 4.57 Å². The predicted octanol–water partition coefficient (Wildman–Crippen LogP) is 8.02. The van der Waals surface area contributed by atoms with Gasteiger partial charge in [-0.15, -0.1) is 0 Å². The van der Waals surface area contributed by atoms with Gasteiger partial charge >= 0.3 is 0 Å². The molecule has 2 aromatic heterocycles. The van der Waals surface area contributed by atoms with Gasteiger partial charge < -0.3 is 8.98 Å². The van der Waals surface area contributed by atoms with Gasteiger partial charge in [-0.05, 0) is 35.9 Å². The maximum absolute atomic E-state index is 6.27. The molecule has 0 bridgehead atoms. The molecule has 0 aliphatic carbocycles.